The number of carbonyl (C=O) groups excluding carboxylic acids is 1. The van der Waals surface area contributed by atoms with Gasteiger partial charge in [-0.15, -0.1) is 0 Å². The van der Waals surface area contributed by atoms with E-state index in [4.69, 9.17) is 9.47 Å². The quantitative estimate of drug-likeness (QED) is 0.0460. The summed E-state index contributed by atoms with van der Waals surface area (Å²) in [5.41, 5.74) is 0. The highest BCUT2D eigenvalue weighted by molar-refractivity contribution is 5.80. The molecule has 274 valence electrons. The van der Waals surface area contributed by atoms with Crippen molar-refractivity contribution in [2.45, 2.75) is 178 Å². The number of rotatable bonds is 28. The third-order valence-corrected chi connectivity index (χ3v) is 8.54. The Morgan fingerprint density at radius 1 is 0.723 bits per heavy atom. The van der Waals surface area contributed by atoms with E-state index >= 15 is 0 Å². The van der Waals surface area contributed by atoms with Gasteiger partial charge in [0.2, 0.25) is 5.91 Å². The van der Waals surface area contributed by atoms with Crippen molar-refractivity contribution >= 4 is 5.91 Å². The third kappa shape index (κ3) is 19.8. The Balaban J connectivity index is 2.61. The van der Waals surface area contributed by atoms with Crippen LogP contribution in [-0.2, 0) is 14.3 Å². The summed E-state index contributed by atoms with van der Waals surface area (Å²) in [5.74, 6) is -0.642. The van der Waals surface area contributed by atoms with Gasteiger partial charge in [-0.3, -0.25) is 4.79 Å². The number of ether oxygens (including phenoxy) is 2. The molecule has 47 heavy (non-hydrogen) atoms. The van der Waals surface area contributed by atoms with Crippen LogP contribution in [0.2, 0.25) is 0 Å². The molecule has 1 rings (SSSR count). The number of nitrogens with one attached hydrogen (secondary N) is 1. The van der Waals surface area contributed by atoms with Crippen molar-refractivity contribution in [3.63, 3.8) is 0 Å². The van der Waals surface area contributed by atoms with E-state index in [0.29, 0.717) is 12.8 Å². The first-order valence-electron chi connectivity index (χ1n) is 18.3. The van der Waals surface area contributed by atoms with E-state index in [9.17, 15) is 35.4 Å². The van der Waals surface area contributed by atoms with Crippen molar-refractivity contribution in [2.75, 3.05) is 13.2 Å². The van der Waals surface area contributed by atoms with Gasteiger partial charge in [-0.1, -0.05) is 108 Å². The normalized spacial score (nSPS) is 24.0. The Kier molecular flexibility index (Phi) is 26.1. The molecule has 1 fully saturated rings. The van der Waals surface area contributed by atoms with Gasteiger partial charge >= 0.3 is 0 Å². The van der Waals surface area contributed by atoms with Crippen molar-refractivity contribution in [3.05, 3.63) is 36.5 Å². The largest absolute Gasteiger partial charge is 0.394 e. The molecular weight excluding hydrogens is 602 g/mol. The van der Waals surface area contributed by atoms with Crippen molar-refractivity contribution in [2.24, 2.45) is 0 Å². The monoisotopic (exact) mass is 669 g/mol. The van der Waals surface area contributed by atoms with Crippen LogP contribution in [0.1, 0.15) is 129 Å². The van der Waals surface area contributed by atoms with Crippen molar-refractivity contribution < 1.29 is 44.9 Å². The summed E-state index contributed by atoms with van der Waals surface area (Å²) in [4.78, 5) is 12.9. The maximum atomic E-state index is 12.9. The molecule has 1 saturated heterocycles. The van der Waals surface area contributed by atoms with Gasteiger partial charge in [0.15, 0.2) is 6.29 Å². The predicted octanol–water partition coefficient (Wildman–Crippen LogP) is 4.74. The van der Waals surface area contributed by atoms with E-state index in [1.165, 1.54) is 51.4 Å². The van der Waals surface area contributed by atoms with E-state index in [1.807, 2.05) is 6.08 Å². The van der Waals surface area contributed by atoms with E-state index < -0.39 is 61.5 Å². The zero-order valence-electron chi connectivity index (χ0n) is 29.1. The molecular formula is C37H67NO9. The molecule has 1 heterocycles. The molecule has 0 aliphatic carbocycles. The van der Waals surface area contributed by atoms with Crippen LogP contribution < -0.4 is 5.32 Å². The molecule has 0 bridgehead atoms. The number of hydrogen-bond acceptors (Lipinski definition) is 9. The average molecular weight is 670 g/mol. The van der Waals surface area contributed by atoms with Crippen LogP contribution in [0.25, 0.3) is 0 Å². The minimum absolute atomic E-state index is 0.288. The molecule has 1 amide bonds. The molecule has 0 aromatic heterocycles. The van der Waals surface area contributed by atoms with Crippen LogP contribution in [0.4, 0.5) is 0 Å². The van der Waals surface area contributed by atoms with Gasteiger partial charge in [-0.25, -0.2) is 0 Å². The first kappa shape index (κ1) is 43.4. The summed E-state index contributed by atoms with van der Waals surface area (Å²) in [6.07, 6.45) is 21.0. The summed E-state index contributed by atoms with van der Waals surface area (Å²) in [5, 5.41) is 64.1. The second-order valence-electron chi connectivity index (χ2n) is 12.8. The fourth-order valence-electron chi connectivity index (χ4n) is 5.40. The number of amides is 1. The minimum atomic E-state index is -1.61. The summed E-state index contributed by atoms with van der Waals surface area (Å²) < 4.78 is 11.0. The topological polar surface area (TPSA) is 169 Å². The second kappa shape index (κ2) is 28.2. The molecule has 0 aromatic carbocycles. The Morgan fingerprint density at radius 2 is 1.26 bits per heavy atom. The SMILES string of the molecule is CCCCC/C=C\CCCCCCC(O)C(=O)NC(COC1OC(CO)C(O)C(O)C1O)C(O)/C=C/CC/C=C/CCCCCCC. The molecule has 10 nitrogen and oxygen atoms in total. The smallest absolute Gasteiger partial charge is 0.249 e. The number of carbonyl (C=O) groups is 1. The van der Waals surface area contributed by atoms with Gasteiger partial charge in [0.1, 0.15) is 30.5 Å². The maximum absolute atomic E-state index is 12.9. The van der Waals surface area contributed by atoms with E-state index in [2.05, 4.69) is 43.5 Å². The van der Waals surface area contributed by atoms with E-state index in [0.717, 1.165) is 44.9 Å². The lowest BCUT2D eigenvalue weighted by atomic mass is 9.99. The molecule has 10 heteroatoms. The molecule has 0 aromatic rings. The van der Waals surface area contributed by atoms with Crippen LogP contribution in [-0.4, -0.2) is 98.7 Å². The zero-order valence-corrected chi connectivity index (χ0v) is 29.1. The summed E-state index contributed by atoms with van der Waals surface area (Å²) >= 11 is 0. The maximum Gasteiger partial charge on any atom is 0.249 e. The van der Waals surface area contributed by atoms with Crippen LogP contribution in [0.5, 0.6) is 0 Å². The first-order valence-corrected chi connectivity index (χ1v) is 18.3. The number of aliphatic hydroxyl groups excluding tert-OH is 6. The van der Waals surface area contributed by atoms with Crippen molar-refractivity contribution in [1.29, 1.82) is 0 Å². The number of hydrogen-bond donors (Lipinski definition) is 7. The Bertz CT molecular complexity index is 850. The molecule has 1 aliphatic heterocycles. The second-order valence-corrected chi connectivity index (χ2v) is 12.8. The van der Waals surface area contributed by atoms with Gasteiger partial charge < -0.3 is 45.4 Å². The standard InChI is InChI=1S/C37H67NO9/c1-3-5-7-9-11-13-15-17-19-21-23-25-30(40)29(28-46-37-35(44)34(43)33(42)32(27-39)47-37)38-36(45)31(41)26-24-22-20-18-16-14-12-10-8-6-4-2/h12,14-15,17,23,25,29-35,37,39-44H,3-11,13,16,18-22,24,26-28H2,1-2H3,(H,38,45)/b14-12-,17-15+,25-23+. The molecule has 0 radical (unpaired) electrons. The highest BCUT2D eigenvalue weighted by atomic mass is 16.7. The van der Waals surface area contributed by atoms with E-state index in [1.54, 1.807) is 6.08 Å². The Morgan fingerprint density at radius 3 is 1.87 bits per heavy atom. The van der Waals surface area contributed by atoms with Gasteiger partial charge in [-0.2, -0.15) is 0 Å². The number of unbranched alkanes of at least 4 members (excludes halogenated alkanes) is 13. The van der Waals surface area contributed by atoms with Crippen LogP contribution in [0.15, 0.2) is 36.5 Å². The van der Waals surface area contributed by atoms with E-state index in [-0.39, 0.29) is 13.0 Å². The number of aliphatic hydroxyl groups is 6. The number of allylic oxidation sites excluding steroid dienone is 5. The highest BCUT2D eigenvalue weighted by Gasteiger charge is 2.44. The lowest BCUT2D eigenvalue weighted by Crippen LogP contribution is -2.60. The predicted molar refractivity (Wildman–Crippen MR) is 186 cm³/mol. The highest BCUT2D eigenvalue weighted by Crippen LogP contribution is 2.22. The Labute approximate surface area is 284 Å². The van der Waals surface area contributed by atoms with Gasteiger partial charge in [0, 0.05) is 0 Å². The average Bonchev–Trinajstić information content (AvgIpc) is 3.07. The summed E-state index contributed by atoms with van der Waals surface area (Å²) in [6, 6.07) is -0.997. The molecule has 7 N–H and O–H groups in total. The molecule has 1 aliphatic rings. The van der Waals surface area contributed by atoms with Gasteiger partial charge in [0.05, 0.1) is 25.4 Å². The lowest BCUT2D eigenvalue weighted by Gasteiger charge is -2.40. The Hall–Kier alpha value is -1.63. The molecule has 0 spiro atoms. The molecule has 0 saturated carbocycles. The van der Waals surface area contributed by atoms with Gasteiger partial charge in [0.25, 0.3) is 0 Å². The van der Waals surface area contributed by atoms with Crippen LogP contribution in [0, 0.1) is 0 Å². The van der Waals surface area contributed by atoms with Crippen molar-refractivity contribution in [1.82, 2.24) is 5.32 Å². The van der Waals surface area contributed by atoms with Crippen LogP contribution >= 0.6 is 0 Å². The third-order valence-electron chi connectivity index (χ3n) is 8.54. The lowest BCUT2D eigenvalue weighted by molar-refractivity contribution is -0.302. The zero-order chi connectivity index (χ0) is 34.7. The summed E-state index contributed by atoms with van der Waals surface area (Å²) in [7, 11) is 0. The van der Waals surface area contributed by atoms with Crippen molar-refractivity contribution in [3.8, 4) is 0 Å². The summed E-state index contributed by atoms with van der Waals surface area (Å²) in [6.45, 7) is 3.47. The van der Waals surface area contributed by atoms with Gasteiger partial charge in [-0.05, 0) is 57.8 Å². The first-order chi connectivity index (χ1) is 22.8. The fourth-order valence-corrected chi connectivity index (χ4v) is 5.40. The molecule has 8 unspecified atom stereocenters. The van der Waals surface area contributed by atoms with Crippen LogP contribution in [0.3, 0.4) is 0 Å². The molecule has 8 atom stereocenters. The minimum Gasteiger partial charge on any atom is -0.394 e. The fraction of sp³-hybridized carbons (Fsp3) is 0.811.